The van der Waals surface area contributed by atoms with E-state index in [1.807, 2.05) is 24.3 Å². The second-order valence-electron chi connectivity index (χ2n) is 6.77. The van der Waals surface area contributed by atoms with Crippen LogP contribution in [0.5, 0.6) is 5.75 Å². The van der Waals surface area contributed by atoms with Crippen LogP contribution in [0.2, 0.25) is 0 Å². The number of amides is 1. The first-order valence-electron chi connectivity index (χ1n) is 9.87. The minimum atomic E-state index is -0.690. The maximum Gasteiger partial charge on any atom is 0.347 e. The van der Waals surface area contributed by atoms with Crippen LogP contribution in [0.1, 0.15) is 24.2 Å². The van der Waals surface area contributed by atoms with Gasteiger partial charge in [0.25, 0.3) is 5.91 Å². The molecule has 2 N–H and O–H groups in total. The lowest BCUT2D eigenvalue weighted by molar-refractivity contribution is -0.150. The first-order chi connectivity index (χ1) is 14.1. The van der Waals surface area contributed by atoms with E-state index < -0.39 is 12.1 Å². The third kappa shape index (κ3) is 5.71. The molecule has 0 saturated carbocycles. The average Bonchev–Trinajstić information content (AvgIpc) is 2.76. The van der Waals surface area contributed by atoms with E-state index in [1.165, 1.54) is 0 Å². The van der Waals surface area contributed by atoms with Crippen molar-refractivity contribution in [3.8, 4) is 5.75 Å². The van der Waals surface area contributed by atoms with E-state index in [1.54, 1.807) is 38.1 Å². The molecule has 1 fully saturated rings. The van der Waals surface area contributed by atoms with Crippen molar-refractivity contribution < 1.29 is 19.1 Å². The molecule has 1 aliphatic heterocycles. The fourth-order valence-electron chi connectivity index (χ4n) is 3.08. The molecule has 2 aromatic rings. The number of carbonyl (C=O) groups is 2. The molecular formula is C22H27N3O4. The number of anilines is 2. The maximum atomic E-state index is 12.5. The molecule has 7 nitrogen and oxygen atoms in total. The lowest BCUT2D eigenvalue weighted by atomic mass is 10.1. The van der Waals surface area contributed by atoms with Crippen molar-refractivity contribution in [2.24, 2.45) is 0 Å². The van der Waals surface area contributed by atoms with Crippen molar-refractivity contribution >= 4 is 23.3 Å². The molecule has 1 atom stereocenters. The Morgan fingerprint density at radius 1 is 1.07 bits per heavy atom. The summed E-state index contributed by atoms with van der Waals surface area (Å²) in [7, 11) is 0. The van der Waals surface area contributed by atoms with E-state index >= 15 is 0 Å². The van der Waals surface area contributed by atoms with E-state index in [4.69, 9.17) is 9.47 Å². The fourth-order valence-corrected chi connectivity index (χ4v) is 3.08. The Hall–Kier alpha value is -3.06. The molecule has 1 unspecified atom stereocenters. The van der Waals surface area contributed by atoms with Gasteiger partial charge in [0.05, 0.1) is 6.61 Å². The summed E-state index contributed by atoms with van der Waals surface area (Å²) in [5.41, 5.74) is 2.37. The van der Waals surface area contributed by atoms with Gasteiger partial charge in [-0.05, 0) is 62.4 Å². The lowest BCUT2D eigenvalue weighted by Gasteiger charge is -2.29. The van der Waals surface area contributed by atoms with Gasteiger partial charge in [-0.3, -0.25) is 4.79 Å². The number of benzene rings is 2. The number of piperazine rings is 1. The monoisotopic (exact) mass is 397 g/mol. The van der Waals surface area contributed by atoms with Gasteiger partial charge in [0, 0.05) is 43.1 Å². The summed E-state index contributed by atoms with van der Waals surface area (Å²) in [5.74, 6) is -0.0523. The van der Waals surface area contributed by atoms with Crippen molar-refractivity contribution in [3.05, 3.63) is 54.1 Å². The molecule has 0 aromatic heterocycles. The van der Waals surface area contributed by atoms with Crippen molar-refractivity contribution in [2.45, 2.75) is 20.0 Å². The zero-order valence-corrected chi connectivity index (χ0v) is 16.8. The van der Waals surface area contributed by atoms with Gasteiger partial charge >= 0.3 is 5.97 Å². The number of nitrogens with one attached hydrogen (secondary N) is 2. The van der Waals surface area contributed by atoms with Gasteiger partial charge in [-0.2, -0.15) is 0 Å². The number of hydrogen-bond acceptors (Lipinski definition) is 6. The van der Waals surface area contributed by atoms with Crippen LogP contribution in [-0.2, 0) is 9.53 Å². The number of nitrogens with zero attached hydrogens (tertiary/aromatic N) is 1. The third-order valence-electron chi connectivity index (χ3n) is 4.66. The van der Waals surface area contributed by atoms with Crippen LogP contribution in [0.3, 0.4) is 0 Å². The molecule has 1 saturated heterocycles. The van der Waals surface area contributed by atoms with Crippen LogP contribution in [-0.4, -0.2) is 50.8 Å². The number of carbonyl (C=O) groups excluding carboxylic acids is 2. The van der Waals surface area contributed by atoms with Gasteiger partial charge in [0.15, 0.2) is 6.10 Å². The minimum absolute atomic E-state index is 0.176. The smallest absolute Gasteiger partial charge is 0.347 e. The first kappa shape index (κ1) is 20.7. The molecule has 0 aliphatic carbocycles. The van der Waals surface area contributed by atoms with E-state index in [0.717, 1.165) is 31.9 Å². The van der Waals surface area contributed by atoms with Gasteiger partial charge < -0.3 is 25.0 Å². The average molecular weight is 397 g/mol. The number of rotatable bonds is 7. The van der Waals surface area contributed by atoms with Crippen molar-refractivity contribution in [3.63, 3.8) is 0 Å². The highest BCUT2D eigenvalue weighted by Gasteiger charge is 2.16. The summed E-state index contributed by atoms with van der Waals surface area (Å²) >= 11 is 0. The van der Waals surface area contributed by atoms with Gasteiger partial charge in [-0.1, -0.05) is 0 Å². The largest absolute Gasteiger partial charge is 0.479 e. The van der Waals surface area contributed by atoms with E-state index in [2.05, 4.69) is 15.5 Å². The summed E-state index contributed by atoms with van der Waals surface area (Å²) in [4.78, 5) is 26.4. The van der Waals surface area contributed by atoms with E-state index in [9.17, 15) is 9.59 Å². The maximum absolute atomic E-state index is 12.5. The van der Waals surface area contributed by atoms with Gasteiger partial charge in [-0.15, -0.1) is 0 Å². The summed E-state index contributed by atoms with van der Waals surface area (Å²) in [6, 6.07) is 14.5. The lowest BCUT2D eigenvalue weighted by Crippen LogP contribution is -2.43. The normalized spacial score (nSPS) is 14.8. The first-order valence-corrected chi connectivity index (χ1v) is 9.87. The third-order valence-corrected chi connectivity index (χ3v) is 4.66. The number of ether oxygens (including phenoxy) is 2. The fraction of sp³-hybridized carbons (Fsp3) is 0.364. The minimum Gasteiger partial charge on any atom is -0.479 e. The Morgan fingerprint density at radius 2 is 1.72 bits per heavy atom. The van der Waals surface area contributed by atoms with Gasteiger partial charge in [0.2, 0.25) is 0 Å². The SMILES string of the molecule is CCOC(=O)C(C)Oc1ccc(NC(=O)c2ccc(N3CCNCC3)cc2)cc1. The van der Waals surface area contributed by atoms with E-state index in [0.29, 0.717) is 23.6 Å². The molecule has 7 heteroatoms. The second-order valence-corrected chi connectivity index (χ2v) is 6.77. The zero-order valence-electron chi connectivity index (χ0n) is 16.8. The van der Waals surface area contributed by atoms with E-state index in [-0.39, 0.29) is 5.91 Å². The highest BCUT2D eigenvalue weighted by molar-refractivity contribution is 6.04. The molecule has 1 heterocycles. The van der Waals surface area contributed by atoms with Crippen LogP contribution < -0.4 is 20.3 Å². The van der Waals surface area contributed by atoms with Crippen LogP contribution in [0.25, 0.3) is 0 Å². The molecule has 3 rings (SSSR count). The quantitative estimate of drug-likeness (QED) is 0.700. The Balaban J connectivity index is 1.55. The molecule has 0 spiro atoms. The molecule has 2 aromatic carbocycles. The highest BCUT2D eigenvalue weighted by Crippen LogP contribution is 2.19. The topological polar surface area (TPSA) is 79.9 Å². The second kappa shape index (κ2) is 9.93. The Labute approximate surface area is 171 Å². The van der Waals surface area contributed by atoms with Crippen LogP contribution >= 0.6 is 0 Å². The Bertz CT molecular complexity index is 815. The highest BCUT2D eigenvalue weighted by atomic mass is 16.6. The zero-order chi connectivity index (χ0) is 20.6. The standard InChI is InChI=1S/C22H27N3O4/c1-3-28-22(27)16(2)29-20-10-6-18(7-11-20)24-21(26)17-4-8-19(9-5-17)25-14-12-23-13-15-25/h4-11,16,23H,3,12-15H2,1-2H3,(H,24,26). The van der Waals surface area contributed by atoms with Crippen LogP contribution in [0, 0.1) is 0 Å². The number of esters is 1. The summed E-state index contributed by atoms with van der Waals surface area (Å²) in [6.45, 7) is 7.58. The summed E-state index contributed by atoms with van der Waals surface area (Å²) in [5, 5.41) is 6.20. The van der Waals surface area contributed by atoms with Crippen LogP contribution in [0.4, 0.5) is 11.4 Å². The molecular weight excluding hydrogens is 370 g/mol. The molecule has 0 bridgehead atoms. The van der Waals surface area contributed by atoms with Crippen molar-refractivity contribution in [1.29, 1.82) is 0 Å². The van der Waals surface area contributed by atoms with Gasteiger partial charge in [-0.25, -0.2) is 4.79 Å². The Morgan fingerprint density at radius 3 is 2.34 bits per heavy atom. The number of hydrogen-bond donors (Lipinski definition) is 2. The van der Waals surface area contributed by atoms with Crippen molar-refractivity contribution in [1.82, 2.24) is 5.32 Å². The molecule has 1 aliphatic rings. The molecule has 154 valence electrons. The molecule has 0 radical (unpaired) electrons. The predicted octanol–water partition coefficient (Wildman–Crippen LogP) is 2.68. The summed E-state index contributed by atoms with van der Waals surface area (Å²) in [6.07, 6.45) is -0.690. The van der Waals surface area contributed by atoms with Crippen molar-refractivity contribution in [2.75, 3.05) is 43.0 Å². The predicted molar refractivity (Wildman–Crippen MR) is 113 cm³/mol. The molecule has 1 amide bonds. The Kier molecular flexibility index (Phi) is 7.08. The molecule has 29 heavy (non-hydrogen) atoms. The van der Waals surface area contributed by atoms with Gasteiger partial charge in [0.1, 0.15) is 5.75 Å². The van der Waals surface area contributed by atoms with Crippen LogP contribution in [0.15, 0.2) is 48.5 Å². The summed E-state index contributed by atoms with van der Waals surface area (Å²) < 4.78 is 10.5.